The predicted octanol–water partition coefficient (Wildman–Crippen LogP) is 6.40. The average Bonchev–Trinajstić information content (AvgIpc) is 2.63. The summed E-state index contributed by atoms with van der Waals surface area (Å²) in [6, 6.07) is 0. The molecule has 3 heteroatoms. The molecule has 0 saturated heterocycles. The van der Waals surface area contributed by atoms with Crippen molar-refractivity contribution in [3.8, 4) is 0 Å². The third kappa shape index (κ3) is 18.5. The lowest BCUT2D eigenvalue weighted by atomic mass is 10.1. The van der Waals surface area contributed by atoms with Crippen molar-refractivity contribution in [3.05, 3.63) is 60.8 Å². The van der Waals surface area contributed by atoms with Crippen molar-refractivity contribution in [3.63, 3.8) is 0 Å². The fourth-order valence-electron chi connectivity index (χ4n) is 2.25. The lowest BCUT2D eigenvalue weighted by Crippen LogP contribution is -2.04. The number of methoxy groups -OCH3 is 1. The molecule has 0 aliphatic heterocycles. The van der Waals surface area contributed by atoms with E-state index in [0.717, 1.165) is 51.4 Å². The van der Waals surface area contributed by atoms with E-state index in [2.05, 4.69) is 67.7 Å². The van der Waals surface area contributed by atoms with E-state index in [-0.39, 0.29) is 12.5 Å². The van der Waals surface area contributed by atoms with Crippen molar-refractivity contribution in [1.82, 2.24) is 0 Å². The van der Waals surface area contributed by atoms with E-state index >= 15 is 0 Å². The number of unbranched alkanes of at least 4 members (excludes halogenated alkanes) is 3. The molecule has 0 fully saturated rings. The van der Waals surface area contributed by atoms with Crippen molar-refractivity contribution >= 4 is 5.97 Å². The number of hydrogen-bond acceptors (Lipinski definition) is 2. The Kier molecular flexibility index (Phi) is 18.1. The molecule has 0 aromatic heterocycles. The minimum absolute atomic E-state index is 0.0817. The topological polar surface area (TPSA) is 46.5 Å². The third-order valence-corrected chi connectivity index (χ3v) is 3.76. The molecule has 146 valence electrons. The summed E-state index contributed by atoms with van der Waals surface area (Å²) in [6.45, 7) is 2.15. The molecule has 0 aliphatic carbocycles. The number of carbonyl (C=O) groups is 1. The first-order valence-electron chi connectivity index (χ1n) is 9.73. The smallest absolute Gasteiger partial charge is 0.303 e. The highest BCUT2D eigenvalue weighted by atomic mass is 16.5. The summed E-state index contributed by atoms with van der Waals surface area (Å²) in [7, 11) is 1.71. The molecule has 0 rings (SSSR count). The molecule has 0 aromatic rings. The van der Waals surface area contributed by atoms with Gasteiger partial charge in [0.05, 0.1) is 6.10 Å². The van der Waals surface area contributed by atoms with E-state index in [9.17, 15) is 4.79 Å². The standard InChI is InChI=1S/C23H36O3/c1-3-4-5-6-7-8-9-10-11-12-13-16-19-22(26-2)20-17-14-15-18-21-23(24)25/h4-5,7-8,11-13,16-17,20,22H,3,6,9-10,14-15,18-19,21H2,1-2H3,(H,24,25). The number of carboxylic acid groups (broad SMARTS) is 1. The van der Waals surface area contributed by atoms with Gasteiger partial charge < -0.3 is 9.84 Å². The number of rotatable bonds is 16. The van der Waals surface area contributed by atoms with Gasteiger partial charge in [-0.05, 0) is 51.4 Å². The summed E-state index contributed by atoms with van der Waals surface area (Å²) in [4.78, 5) is 10.4. The Morgan fingerprint density at radius 1 is 0.923 bits per heavy atom. The molecule has 3 nitrogen and oxygen atoms in total. The van der Waals surface area contributed by atoms with Gasteiger partial charge in [0.1, 0.15) is 0 Å². The molecular formula is C23H36O3. The SMILES string of the molecule is CCC=CCC=CCCC=CC=CCC(C=CCCCCC(=O)O)OC. The minimum Gasteiger partial charge on any atom is -0.481 e. The van der Waals surface area contributed by atoms with Gasteiger partial charge in [0.2, 0.25) is 0 Å². The van der Waals surface area contributed by atoms with Gasteiger partial charge in [-0.2, -0.15) is 0 Å². The largest absolute Gasteiger partial charge is 0.481 e. The zero-order valence-corrected chi connectivity index (χ0v) is 16.5. The lowest BCUT2D eigenvalue weighted by molar-refractivity contribution is -0.137. The molecule has 0 heterocycles. The molecule has 0 radical (unpaired) electrons. The van der Waals surface area contributed by atoms with Gasteiger partial charge in [-0.25, -0.2) is 0 Å². The van der Waals surface area contributed by atoms with E-state index in [4.69, 9.17) is 9.84 Å². The Morgan fingerprint density at radius 3 is 2.38 bits per heavy atom. The molecule has 1 unspecified atom stereocenters. The predicted molar refractivity (Wildman–Crippen MR) is 111 cm³/mol. The molecule has 26 heavy (non-hydrogen) atoms. The Bertz CT molecular complexity index is 470. The highest BCUT2D eigenvalue weighted by Crippen LogP contribution is 2.05. The molecular weight excluding hydrogens is 324 g/mol. The molecule has 0 bridgehead atoms. The van der Waals surface area contributed by atoms with Crippen LogP contribution < -0.4 is 0 Å². The lowest BCUT2D eigenvalue weighted by Gasteiger charge is -2.07. The van der Waals surface area contributed by atoms with Crippen LogP contribution in [0.4, 0.5) is 0 Å². The van der Waals surface area contributed by atoms with Gasteiger partial charge >= 0.3 is 5.97 Å². The van der Waals surface area contributed by atoms with Gasteiger partial charge in [0.25, 0.3) is 0 Å². The zero-order valence-electron chi connectivity index (χ0n) is 16.5. The van der Waals surface area contributed by atoms with Gasteiger partial charge in [0, 0.05) is 13.5 Å². The number of hydrogen-bond donors (Lipinski definition) is 1. The second-order valence-corrected chi connectivity index (χ2v) is 6.10. The maximum atomic E-state index is 10.4. The Hall–Kier alpha value is -1.87. The maximum absolute atomic E-state index is 10.4. The van der Waals surface area contributed by atoms with E-state index in [1.165, 1.54) is 0 Å². The van der Waals surface area contributed by atoms with Crippen LogP contribution in [0.15, 0.2) is 60.8 Å². The third-order valence-electron chi connectivity index (χ3n) is 3.76. The molecule has 1 atom stereocenters. The highest BCUT2D eigenvalue weighted by Gasteiger charge is 1.99. The summed E-state index contributed by atoms with van der Waals surface area (Å²) in [5.74, 6) is -0.720. The summed E-state index contributed by atoms with van der Waals surface area (Å²) in [5, 5.41) is 8.58. The van der Waals surface area contributed by atoms with Crippen molar-refractivity contribution < 1.29 is 14.6 Å². The van der Waals surface area contributed by atoms with E-state index in [1.807, 2.05) is 0 Å². The Balaban J connectivity index is 3.78. The van der Waals surface area contributed by atoms with Crippen LogP contribution in [0, 0.1) is 0 Å². The number of aliphatic carboxylic acids is 1. The van der Waals surface area contributed by atoms with Gasteiger partial charge in [-0.1, -0.05) is 67.7 Å². The van der Waals surface area contributed by atoms with Crippen molar-refractivity contribution in [2.45, 2.75) is 70.8 Å². The Morgan fingerprint density at radius 2 is 1.65 bits per heavy atom. The van der Waals surface area contributed by atoms with E-state index in [0.29, 0.717) is 0 Å². The summed E-state index contributed by atoms with van der Waals surface area (Å²) < 4.78 is 5.42. The first-order chi connectivity index (χ1) is 12.7. The van der Waals surface area contributed by atoms with Crippen LogP contribution in [-0.2, 0) is 9.53 Å². The number of ether oxygens (including phenoxy) is 1. The molecule has 0 saturated carbocycles. The minimum atomic E-state index is -0.720. The summed E-state index contributed by atoms with van der Waals surface area (Å²) in [5.41, 5.74) is 0. The zero-order chi connectivity index (χ0) is 19.3. The monoisotopic (exact) mass is 360 g/mol. The quantitative estimate of drug-likeness (QED) is 0.197. The molecule has 1 N–H and O–H groups in total. The molecule has 0 aliphatic rings. The van der Waals surface area contributed by atoms with E-state index in [1.54, 1.807) is 7.11 Å². The number of carboxylic acids is 1. The van der Waals surface area contributed by atoms with Crippen LogP contribution in [-0.4, -0.2) is 24.3 Å². The second-order valence-electron chi connectivity index (χ2n) is 6.10. The van der Waals surface area contributed by atoms with Crippen molar-refractivity contribution in [2.75, 3.05) is 7.11 Å². The van der Waals surface area contributed by atoms with Crippen LogP contribution in [0.5, 0.6) is 0 Å². The summed E-state index contributed by atoms with van der Waals surface area (Å²) >= 11 is 0. The normalized spacial score (nSPS) is 13.9. The number of allylic oxidation sites excluding steroid dienone is 8. The van der Waals surface area contributed by atoms with Crippen LogP contribution in [0.2, 0.25) is 0 Å². The van der Waals surface area contributed by atoms with Crippen LogP contribution >= 0.6 is 0 Å². The van der Waals surface area contributed by atoms with Crippen molar-refractivity contribution in [2.24, 2.45) is 0 Å². The average molecular weight is 361 g/mol. The first-order valence-corrected chi connectivity index (χ1v) is 9.73. The van der Waals surface area contributed by atoms with E-state index < -0.39 is 5.97 Å². The highest BCUT2D eigenvalue weighted by molar-refractivity contribution is 5.66. The van der Waals surface area contributed by atoms with Crippen LogP contribution in [0.1, 0.15) is 64.7 Å². The molecule has 0 spiro atoms. The first kappa shape index (κ1) is 24.1. The van der Waals surface area contributed by atoms with Gasteiger partial charge in [-0.15, -0.1) is 0 Å². The summed E-state index contributed by atoms with van der Waals surface area (Å²) in [6.07, 6.45) is 29.4. The fourth-order valence-corrected chi connectivity index (χ4v) is 2.25. The second kappa shape index (κ2) is 19.5. The fraction of sp³-hybridized carbons (Fsp3) is 0.522. The Labute approximate surface area is 159 Å². The molecule has 0 aromatic carbocycles. The van der Waals surface area contributed by atoms with Gasteiger partial charge in [0.15, 0.2) is 0 Å². The van der Waals surface area contributed by atoms with Crippen molar-refractivity contribution in [1.29, 1.82) is 0 Å². The van der Waals surface area contributed by atoms with Crippen LogP contribution in [0.25, 0.3) is 0 Å². The van der Waals surface area contributed by atoms with Crippen LogP contribution in [0.3, 0.4) is 0 Å². The maximum Gasteiger partial charge on any atom is 0.303 e. The van der Waals surface area contributed by atoms with Gasteiger partial charge in [-0.3, -0.25) is 4.79 Å². The molecule has 0 amide bonds.